The lowest BCUT2D eigenvalue weighted by Crippen LogP contribution is -2.43. The van der Waals surface area contributed by atoms with Crippen molar-refractivity contribution in [3.05, 3.63) is 29.8 Å². The summed E-state index contributed by atoms with van der Waals surface area (Å²) >= 11 is 0. The summed E-state index contributed by atoms with van der Waals surface area (Å²) < 4.78 is 6.06. The summed E-state index contributed by atoms with van der Waals surface area (Å²) in [6.07, 6.45) is 6.10. The molecule has 104 valence electrons. The van der Waals surface area contributed by atoms with Crippen LogP contribution in [0.1, 0.15) is 37.7 Å². The van der Waals surface area contributed by atoms with Gasteiger partial charge in [-0.1, -0.05) is 12.1 Å². The minimum absolute atomic E-state index is 0.0634. The monoisotopic (exact) mass is 260 g/mol. The van der Waals surface area contributed by atoms with Gasteiger partial charge in [-0.05, 0) is 56.8 Å². The van der Waals surface area contributed by atoms with Crippen molar-refractivity contribution in [2.45, 2.75) is 43.7 Å². The first-order valence-corrected chi connectivity index (χ1v) is 7.40. The van der Waals surface area contributed by atoms with Gasteiger partial charge in [0.15, 0.2) is 0 Å². The molecule has 0 radical (unpaired) electrons. The second-order valence-corrected chi connectivity index (χ2v) is 6.15. The minimum atomic E-state index is -0.0634. The zero-order valence-corrected chi connectivity index (χ0v) is 11.8. The average molecular weight is 260 g/mol. The summed E-state index contributed by atoms with van der Waals surface area (Å²) in [5.74, 6) is 0.987. The Morgan fingerprint density at radius 1 is 1.16 bits per heavy atom. The number of ether oxygens (including phenoxy) is 1. The molecule has 1 aliphatic carbocycles. The van der Waals surface area contributed by atoms with Gasteiger partial charge in [0, 0.05) is 18.6 Å². The molecule has 19 heavy (non-hydrogen) atoms. The van der Waals surface area contributed by atoms with Gasteiger partial charge in [0.1, 0.15) is 11.9 Å². The molecule has 1 aromatic rings. The van der Waals surface area contributed by atoms with Crippen LogP contribution in [0.15, 0.2) is 24.3 Å². The van der Waals surface area contributed by atoms with Gasteiger partial charge in [-0.15, -0.1) is 0 Å². The van der Waals surface area contributed by atoms with Crippen LogP contribution in [-0.2, 0) is 5.54 Å². The van der Waals surface area contributed by atoms with Crippen molar-refractivity contribution in [2.75, 3.05) is 20.1 Å². The van der Waals surface area contributed by atoms with Crippen LogP contribution in [0.25, 0.3) is 0 Å². The second-order valence-electron chi connectivity index (χ2n) is 6.15. The maximum Gasteiger partial charge on any atom is 0.119 e. The van der Waals surface area contributed by atoms with E-state index in [-0.39, 0.29) is 5.54 Å². The van der Waals surface area contributed by atoms with E-state index in [1.54, 1.807) is 0 Å². The molecule has 1 saturated carbocycles. The summed E-state index contributed by atoms with van der Waals surface area (Å²) in [6.45, 7) is 2.27. The second kappa shape index (κ2) is 5.14. The van der Waals surface area contributed by atoms with Crippen LogP contribution >= 0.6 is 0 Å². The van der Waals surface area contributed by atoms with Gasteiger partial charge >= 0.3 is 0 Å². The molecule has 0 aromatic heterocycles. The maximum absolute atomic E-state index is 6.33. The van der Waals surface area contributed by atoms with Crippen molar-refractivity contribution >= 4 is 0 Å². The summed E-state index contributed by atoms with van der Waals surface area (Å²) in [7, 11) is 2.17. The Morgan fingerprint density at radius 2 is 1.79 bits per heavy atom. The Balaban J connectivity index is 1.60. The fourth-order valence-electron chi connectivity index (χ4n) is 3.01. The molecular weight excluding hydrogens is 236 g/mol. The van der Waals surface area contributed by atoms with E-state index in [2.05, 4.69) is 36.2 Å². The van der Waals surface area contributed by atoms with Crippen LogP contribution in [-0.4, -0.2) is 31.1 Å². The Kier molecular flexibility index (Phi) is 3.50. The number of nitrogens with two attached hydrogens (primary N) is 1. The molecule has 0 spiro atoms. The molecule has 0 atom stereocenters. The van der Waals surface area contributed by atoms with Gasteiger partial charge in [-0.25, -0.2) is 0 Å². The molecule has 2 aliphatic rings. The summed E-state index contributed by atoms with van der Waals surface area (Å²) in [5.41, 5.74) is 7.52. The summed E-state index contributed by atoms with van der Waals surface area (Å²) in [4.78, 5) is 2.36. The smallest absolute Gasteiger partial charge is 0.119 e. The zero-order chi connectivity index (χ0) is 13.3. The van der Waals surface area contributed by atoms with Crippen LogP contribution in [0, 0.1) is 0 Å². The van der Waals surface area contributed by atoms with Crippen molar-refractivity contribution in [1.82, 2.24) is 4.90 Å². The zero-order valence-electron chi connectivity index (χ0n) is 11.8. The van der Waals surface area contributed by atoms with Crippen LogP contribution in [0.3, 0.4) is 0 Å². The lowest BCUT2D eigenvalue weighted by molar-refractivity contribution is 0.114. The molecule has 2 fully saturated rings. The molecule has 3 rings (SSSR count). The fraction of sp³-hybridized carbons (Fsp3) is 0.625. The average Bonchev–Trinajstić information content (AvgIpc) is 2.40. The van der Waals surface area contributed by atoms with Crippen LogP contribution < -0.4 is 10.5 Å². The predicted octanol–water partition coefficient (Wildman–Crippen LogP) is 2.50. The fourth-order valence-corrected chi connectivity index (χ4v) is 3.01. The number of nitrogens with zero attached hydrogens (tertiary/aromatic N) is 1. The van der Waals surface area contributed by atoms with E-state index in [4.69, 9.17) is 10.5 Å². The molecule has 0 unspecified atom stereocenters. The van der Waals surface area contributed by atoms with Crippen molar-refractivity contribution in [3.63, 3.8) is 0 Å². The third-order valence-electron chi connectivity index (χ3n) is 4.64. The van der Waals surface area contributed by atoms with Gasteiger partial charge in [0.05, 0.1) is 0 Å². The molecule has 0 bridgehead atoms. The molecule has 2 N–H and O–H groups in total. The van der Waals surface area contributed by atoms with E-state index in [1.165, 1.54) is 12.0 Å². The van der Waals surface area contributed by atoms with Crippen LogP contribution in [0.5, 0.6) is 5.75 Å². The van der Waals surface area contributed by atoms with Crippen LogP contribution in [0.2, 0.25) is 0 Å². The van der Waals surface area contributed by atoms with E-state index < -0.39 is 0 Å². The Hall–Kier alpha value is -1.06. The number of piperidine rings is 1. The lowest BCUT2D eigenvalue weighted by atomic mass is 9.73. The molecule has 3 heteroatoms. The summed E-state index contributed by atoms with van der Waals surface area (Å²) in [5, 5.41) is 0. The predicted molar refractivity (Wildman–Crippen MR) is 77.3 cm³/mol. The van der Waals surface area contributed by atoms with Gasteiger partial charge < -0.3 is 15.4 Å². The largest absolute Gasteiger partial charge is 0.490 e. The number of rotatable bonds is 3. The van der Waals surface area contributed by atoms with Crippen molar-refractivity contribution in [3.8, 4) is 5.75 Å². The highest BCUT2D eigenvalue weighted by Gasteiger charge is 2.34. The lowest BCUT2D eigenvalue weighted by Gasteiger charge is -2.38. The molecule has 3 nitrogen and oxygen atoms in total. The quantitative estimate of drug-likeness (QED) is 0.907. The van der Waals surface area contributed by atoms with Crippen LogP contribution in [0.4, 0.5) is 0 Å². The van der Waals surface area contributed by atoms with Crippen molar-refractivity contribution < 1.29 is 4.74 Å². The number of hydrogen-bond donors (Lipinski definition) is 1. The van der Waals surface area contributed by atoms with E-state index in [0.717, 1.165) is 44.5 Å². The molecule has 1 aliphatic heterocycles. The Labute approximate surface area is 115 Å². The first-order valence-electron chi connectivity index (χ1n) is 7.40. The van der Waals surface area contributed by atoms with E-state index in [0.29, 0.717) is 6.10 Å². The summed E-state index contributed by atoms with van der Waals surface area (Å²) in [6, 6.07) is 8.45. The van der Waals surface area contributed by atoms with E-state index in [9.17, 15) is 0 Å². The normalized spacial score (nSPS) is 23.9. The third-order valence-corrected chi connectivity index (χ3v) is 4.64. The SMILES string of the molecule is CN1CCC(Oc2ccc(C3(N)CCC3)cc2)CC1. The molecule has 0 amide bonds. The molecule has 1 heterocycles. The number of likely N-dealkylation sites (tertiary alicyclic amines) is 1. The highest BCUT2D eigenvalue weighted by atomic mass is 16.5. The van der Waals surface area contributed by atoms with E-state index >= 15 is 0 Å². The maximum atomic E-state index is 6.33. The molecular formula is C16H24N2O. The van der Waals surface area contributed by atoms with E-state index in [1.807, 2.05) is 0 Å². The third kappa shape index (κ3) is 2.77. The topological polar surface area (TPSA) is 38.5 Å². The number of benzene rings is 1. The molecule has 1 aromatic carbocycles. The Bertz CT molecular complexity index is 417. The highest BCUT2D eigenvalue weighted by molar-refractivity contribution is 5.33. The van der Waals surface area contributed by atoms with Gasteiger partial charge in [0.2, 0.25) is 0 Å². The van der Waals surface area contributed by atoms with Crippen molar-refractivity contribution in [2.24, 2.45) is 5.73 Å². The Morgan fingerprint density at radius 3 is 2.32 bits per heavy atom. The van der Waals surface area contributed by atoms with Gasteiger partial charge in [-0.2, -0.15) is 0 Å². The minimum Gasteiger partial charge on any atom is -0.490 e. The first kappa shape index (κ1) is 12.9. The number of hydrogen-bond acceptors (Lipinski definition) is 3. The van der Waals surface area contributed by atoms with Crippen molar-refractivity contribution in [1.29, 1.82) is 0 Å². The molecule has 1 saturated heterocycles. The first-order chi connectivity index (χ1) is 9.16. The van der Waals surface area contributed by atoms with Gasteiger partial charge in [-0.3, -0.25) is 0 Å². The standard InChI is InChI=1S/C16H24N2O/c1-18-11-7-15(8-12-18)19-14-5-3-13(4-6-14)16(17)9-2-10-16/h3-6,15H,2,7-12,17H2,1H3. The van der Waals surface area contributed by atoms with Gasteiger partial charge in [0.25, 0.3) is 0 Å². The highest BCUT2D eigenvalue weighted by Crippen LogP contribution is 2.39.